The molecule has 0 amide bonds. The maximum absolute atomic E-state index is 2.49. The summed E-state index contributed by atoms with van der Waals surface area (Å²) >= 11 is 0. The van der Waals surface area contributed by atoms with Crippen LogP contribution in [0.2, 0.25) is 0 Å². The summed E-state index contributed by atoms with van der Waals surface area (Å²) in [4.78, 5) is 0. The summed E-state index contributed by atoms with van der Waals surface area (Å²) in [6.45, 7) is 4.57. The van der Waals surface area contributed by atoms with E-state index in [2.05, 4.69) is 115 Å². The van der Waals surface area contributed by atoms with Crippen LogP contribution < -0.4 is 0 Å². The van der Waals surface area contributed by atoms with E-state index in [1.807, 2.05) is 0 Å². The van der Waals surface area contributed by atoms with E-state index in [1.165, 1.54) is 44.1 Å². The first-order chi connectivity index (χ1) is 14.3. The van der Waals surface area contributed by atoms with Gasteiger partial charge in [-0.25, -0.2) is 0 Å². The molecule has 1 atom stereocenters. The average Bonchev–Trinajstić information content (AvgIpc) is 3.13. The molecule has 5 aromatic rings. The Morgan fingerprint density at radius 3 is 1.86 bits per heavy atom. The van der Waals surface area contributed by atoms with Crippen LogP contribution in [0.4, 0.5) is 0 Å². The van der Waals surface area contributed by atoms with Crippen molar-refractivity contribution in [2.24, 2.45) is 0 Å². The fraction of sp³-hybridized carbons (Fsp3) is 0.143. The lowest BCUT2D eigenvalue weighted by Crippen LogP contribution is -2.02. The van der Waals surface area contributed by atoms with Gasteiger partial charge in [-0.2, -0.15) is 0 Å². The zero-order chi connectivity index (χ0) is 19.8. The lowest BCUT2D eigenvalue weighted by molar-refractivity contribution is 0.563. The third-order valence-electron chi connectivity index (χ3n) is 6.07. The number of fused-ring (bicyclic) bond motifs is 3. The number of rotatable bonds is 4. The smallest absolute Gasteiger partial charge is 0.0494 e. The molecule has 0 saturated carbocycles. The Kier molecular flexibility index (Phi) is 4.44. The lowest BCUT2D eigenvalue weighted by atomic mass is 9.99. The Balaban J connectivity index is 1.63. The van der Waals surface area contributed by atoms with Crippen LogP contribution in [0.1, 0.15) is 26.3 Å². The minimum absolute atomic E-state index is 0.480. The van der Waals surface area contributed by atoms with Crippen molar-refractivity contribution in [2.45, 2.75) is 26.3 Å². The molecule has 1 aromatic heterocycles. The SMILES string of the molecule is CCC(C)n1c2ccccc2c2cc(-c3ccc(-c4ccccc4)cc3)ccc21. The van der Waals surface area contributed by atoms with Crippen LogP contribution in [-0.2, 0) is 0 Å². The molecule has 29 heavy (non-hydrogen) atoms. The normalized spacial score (nSPS) is 12.5. The van der Waals surface area contributed by atoms with Gasteiger partial charge in [0, 0.05) is 27.8 Å². The second-order valence-electron chi connectivity index (χ2n) is 7.82. The first-order valence-corrected chi connectivity index (χ1v) is 10.4. The molecule has 5 rings (SSSR count). The van der Waals surface area contributed by atoms with Crippen molar-refractivity contribution in [3.8, 4) is 22.3 Å². The average molecular weight is 376 g/mol. The molecule has 0 saturated heterocycles. The quantitative estimate of drug-likeness (QED) is 0.299. The van der Waals surface area contributed by atoms with E-state index in [1.54, 1.807) is 0 Å². The molecular formula is C28H25N. The minimum Gasteiger partial charge on any atom is -0.338 e. The number of hydrogen-bond donors (Lipinski definition) is 0. The van der Waals surface area contributed by atoms with E-state index in [-0.39, 0.29) is 0 Å². The van der Waals surface area contributed by atoms with E-state index in [9.17, 15) is 0 Å². The largest absolute Gasteiger partial charge is 0.338 e. The van der Waals surface area contributed by atoms with Gasteiger partial charge in [0.2, 0.25) is 0 Å². The van der Waals surface area contributed by atoms with E-state index in [4.69, 9.17) is 0 Å². The summed E-state index contributed by atoms with van der Waals surface area (Å²) < 4.78 is 2.49. The van der Waals surface area contributed by atoms with Crippen molar-refractivity contribution in [1.29, 1.82) is 0 Å². The summed E-state index contributed by atoms with van der Waals surface area (Å²) in [6.07, 6.45) is 1.12. The summed E-state index contributed by atoms with van der Waals surface area (Å²) in [6, 6.07) is 35.6. The van der Waals surface area contributed by atoms with Gasteiger partial charge in [0.25, 0.3) is 0 Å². The second kappa shape index (κ2) is 7.25. The van der Waals surface area contributed by atoms with Crippen LogP contribution >= 0.6 is 0 Å². The van der Waals surface area contributed by atoms with Crippen molar-refractivity contribution >= 4 is 21.8 Å². The molecule has 0 N–H and O–H groups in total. The fourth-order valence-electron chi connectivity index (χ4n) is 4.33. The molecule has 0 aliphatic rings. The molecule has 0 bridgehead atoms. The highest BCUT2D eigenvalue weighted by Gasteiger charge is 2.14. The molecule has 0 spiro atoms. The zero-order valence-corrected chi connectivity index (χ0v) is 17.0. The second-order valence-corrected chi connectivity index (χ2v) is 7.82. The highest BCUT2D eigenvalue weighted by atomic mass is 15.0. The van der Waals surface area contributed by atoms with E-state index in [0.29, 0.717) is 6.04 Å². The van der Waals surface area contributed by atoms with Crippen LogP contribution in [0.25, 0.3) is 44.1 Å². The van der Waals surface area contributed by atoms with E-state index < -0.39 is 0 Å². The summed E-state index contributed by atoms with van der Waals surface area (Å²) in [5.74, 6) is 0. The topological polar surface area (TPSA) is 4.93 Å². The highest BCUT2D eigenvalue weighted by Crippen LogP contribution is 2.35. The molecule has 1 unspecified atom stereocenters. The third-order valence-corrected chi connectivity index (χ3v) is 6.07. The Morgan fingerprint density at radius 1 is 0.586 bits per heavy atom. The molecule has 0 fully saturated rings. The van der Waals surface area contributed by atoms with Gasteiger partial charge >= 0.3 is 0 Å². The standard InChI is InChI=1S/C28H25N/c1-3-20(2)29-27-12-8-7-11-25(27)26-19-24(17-18-28(26)29)23-15-13-22(14-16-23)21-9-5-4-6-10-21/h4-20H,3H2,1-2H3. The molecule has 1 nitrogen and oxygen atoms in total. The van der Waals surface area contributed by atoms with Gasteiger partial charge in [0.1, 0.15) is 0 Å². The van der Waals surface area contributed by atoms with Gasteiger partial charge in [-0.1, -0.05) is 85.8 Å². The van der Waals surface area contributed by atoms with E-state index in [0.717, 1.165) is 6.42 Å². The van der Waals surface area contributed by atoms with Crippen LogP contribution in [0.15, 0.2) is 97.1 Å². The van der Waals surface area contributed by atoms with Crippen LogP contribution in [-0.4, -0.2) is 4.57 Å². The summed E-state index contributed by atoms with van der Waals surface area (Å²) in [5.41, 5.74) is 7.68. The van der Waals surface area contributed by atoms with Crippen LogP contribution in [0.5, 0.6) is 0 Å². The van der Waals surface area contributed by atoms with Crippen LogP contribution in [0, 0.1) is 0 Å². The molecule has 142 valence electrons. The van der Waals surface area contributed by atoms with Crippen molar-refractivity contribution < 1.29 is 0 Å². The maximum Gasteiger partial charge on any atom is 0.0494 e. The third kappa shape index (κ3) is 3.03. The molecular weight excluding hydrogens is 350 g/mol. The number of hydrogen-bond acceptors (Lipinski definition) is 0. The number of nitrogens with zero attached hydrogens (tertiary/aromatic N) is 1. The Morgan fingerprint density at radius 2 is 1.14 bits per heavy atom. The molecule has 4 aromatic carbocycles. The highest BCUT2D eigenvalue weighted by molar-refractivity contribution is 6.09. The molecule has 0 aliphatic heterocycles. The fourth-order valence-corrected chi connectivity index (χ4v) is 4.33. The zero-order valence-electron chi connectivity index (χ0n) is 17.0. The van der Waals surface area contributed by atoms with Crippen LogP contribution in [0.3, 0.4) is 0 Å². The van der Waals surface area contributed by atoms with Gasteiger partial charge < -0.3 is 4.57 Å². The minimum atomic E-state index is 0.480. The predicted molar refractivity (Wildman–Crippen MR) is 125 cm³/mol. The molecule has 1 heterocycles. The van der Waals surface area contributed by atoms with Crippen molar-refractivity contribution in [3.63, 3.8) is 0 Å². The number of para-hydroxylation sites is 1. The van der Waals surface area contributed by atoms with Crippen molar-refractivity contribution in [2.75, 3.05) is 0 Å². The van der Waals surface area contributed by atoms with Gasteiger partial charge in [-0.05, 0) is 53.8 Å². The molecule has 0 radical (unpaired) electrons. The summed E-state index contributed by atoms with van der Waals surface area (Å²) in [7, 11) is 0. The first-order valence-electron chi connectivity index (χ1n) is 10.4. The maximum atomic E-state index is 2.49. The van der Waals surface area contributed by atoms with Gasteiger partial charge in [-0.3, -0.25) is 0 Å². The van der Waals surface area contributed by atoms with Crippen molar-refractivity contribution in [3.05, 3.63) is 97.1 Å². The monoisotopic (exact) mass is 375 g/mol. The Bertz CT molecular complexity index is 1280. The summed E-state index contributed by atoms with van der Waals surface area (Å²) in [5, 5.41) is 2.68. The van der Waals surface area contributed by atoms with E-state index >= 15 is 0 Å². The Hall–Kier alpha value is -3.32. The first kappa shape index (κ1) is 17.8. The number of benzene rings is 4. The molecule has 1 heteroatoms. The Labute approximate surface area is 172 Å². The van der Waals surface area contributed by atoms with Gasteiger partial charge in [0.15, 0.2) is 0 Å². The van der Waals surface area contributed by atoms with Gasteiger partial charge in [0.05, 0.1) is 0 Å². The van der Waals surface area contributed by atoms with Gasteiger partial charge in [-0.15, -0.1) is 0 Å². The number of aromatic nitrogens is 1. The lowest BCUT2D eigenvalue weighted by Gasteiger charge is -2.15. The molecule has 0 aliphatic carbocycles. The van der Waals surface area contributed by atoms with Crippen molar-refractivity contribution in [1.82, 2.24) is 4.57 Å². The predicted octanol–water partition coefficient (Wildman–Crippen LogP) is 8.10.